The number of hydrogen-bond donors (Lipinski definition) is 1. The second-order valence-corrected chi connectivity index (χ2v) is 5.55. The van der Waals surface area contributed by atoms with Gasteiger partial charge in [0.1, 0.15) is 7.11 Å². The van der Waals surface area contributed by atoms with E-state index in [2.05, 4.69) is 9.99 Å². The van der Waals surface area contributed by atoms with E-state index in [0.717, 1.165) is 0 Å². The molecule has 0 aromatic carbocycles. The minimum atomic E-state index is -0.804. The summed E-state index contributed by atoms with van der Waals surface area (Å²) >= 11 is 0. The van der Waals surface area contributed by atoms with Gasteiger partial charge in [0, 0.05) is 24.1 Å². The number of oxime groups is 1. The van der Waals surface area contributed by atoms with Gasteiger partial charge in [-0.25, -0.2) is 0 Å². The Hall–Kier alpha value is -0.940. The zero-order chi connectivity index (χ0) is 15.2. The standard InChI is InChI=1S/C14H28N2O3/c1-9(2)13(17)12(16(6)10(3)4)14(18)11(5)8-15-19-7/h8-12,14,18H,1-7H3/t11-,12-,14-/m1/s1. The topological polar surface area (TPSA) is 62.1 Å². The number of hydrogen-bond acceptors (Lipinski definition) is 5. The smallest absolute Gasteiger partial charge is 0.155 e. The lowest BCUT2D eigenvalue weighted by molar-refractivity contribution is -0.132. The first kappa shape index (κ1) is 18.1. The summed E-state index contributed by atoms with van der Waals surface area (Å²) in [7, 11) is 3.31. The van der Waals surface area contributed by atoms with Crippen LogP contribution in [0.3, 0.4) is 0 Å². The van der Waals surface area contributed by atoms with Gasteiger partial charge in [0.05, 0.1) is 12.1 Å². The van der Waals surface area contributed by atoms with Crippen LogP contribution in [0.2, 0.25) is 0 Å². The van der Waals surface area contributed by atoms with Crippen LogP contribution in [0.25, 0.3) is 0 Å². The molecule has 3 atom stereocenters. The molecule has 5 nitrogen and oxygen atoms in total. The third kappa shape index (κ3) is 5.28. The van der Waals surface area contributed by atoms with Crippen LogP contribution in [0.15, 0.2) is 5.16 Å². The fourth-order valence-corrected chi connectivity index (χ4v) is 1.81. The minimum Gasteiger partial charge on any atom is -0.399 e. The molecular formula is C14H28N2O3. The highest BCUT2D eigenvalue weighted by molar-refractivity contribution is 5.86. The van der Waals surface area contributed by atoms with Crippen LogP contribution < -0.4 is 0 Å². The van der Waals surface area contributed by atoms with Crippen molar-refractivity contribution in [1.29, 1.82) is 0 Å². The molecule has 19 heavy (non-hydrogen) atoms. The number of carbonyl (C=O) groups is 1. The van der Waals surface area contributed by atoms with Crippen molar-refractivity contribution in [2.75, 3.05) is 14.2 Å². The molecular weight excluding hydrogens is 244 g/mol. The first-order valence-electron chi connectivity index (χ1n) is 6.74. The first-order chi connectivity index (χ1) is 8.73. The Bertz CT molecular complexity index is 303. The van der Waals surface area contributed by atoms with Gasteiger partial charge in [-0.3, -0.25) is 9.69 Å². The number of ketones is 1. The summed E-state index contributed by atoms with van der Waals surface area (Å²) in [5.41, 5.74) is 0. The summed E-state index contributed by atoms with van der Waals surface area (Å²) in [6.45, 7) is 9.53. The van der Waals surface area contributed by atoms with Gasteiger partial charge < -0.3 is 9.94 Å². The zero-order valence-electron chi connectivity index (χ0n) is 13.1. The molecule has 5 heteroatoms. The number of aliphatic hydroxyl groups excluding tert-OH is 1. The second kappa shape index (κ2) is 8.27. The Balaban J connectivity index is 5.12. The molecule has 0 saturated heterocycles. The predicted octanol–water partition coefficient (Wildman–Crippen LogP) is 1.55. The van der Waals surface area contributed by atoms with E-state index in [-0.39, 0.29) is 23.7 Å². The monoisotopic (exact) mass is 272 g/mol. The number of carbonyl (C=O) groups excluding carboxylic acids is 1. The number of aliphatic hydroxyl groups is 1. The highest BCUT2D eigenvalue weighted by Crippen LogP contribution is 2.17. The van der Waals surface area contributed by atoms with Crippen molar-refractivity contribution in [2.45, 2.75) is 52.8 Å². The molecule has 0 aliphatic carbocycles. The van der Waals surface area contributed by atoms with Crippen LogP contribution in [-0.2, 0) is 9.63 Å². The maximum Gasteiger partial charge on any atom is 0.155 e. The van der Waals surface area contributed by atoms with Gasteiger partial charge in [-0.05, 0) is 20.9 Å². The van der Waals surface area contributed by atoms with Crippen LogP contribution in [-0.4, -0.2) is 54.3 Å². The molecule has 1 N–H and O–H groups in total. The Kier molecular flexibility index (Phi) is 7.87. The summed E-state index contributed by atoms with van der Waals surface area (Å²) < 4.78 is 0. The van der Waals surface area contributed by atoms with Crippen molar-refractivity contribution in [3.63, 3.8) is 0 Å². The van der Waals surface area contributed by atoms with E-state index in [1.54, 1.807) is 0 Å². The van der Waals surface area contributed by atoms with Gasteiger partial charge in [-0.2, -0.15) is 0 Å². The molecule has 0 rings (SSSR count). The van der Waals surface area contributed by atoms with E-state index in [0.29, 0.717) is 0 Å². The Morgan fingerprint density at radius 1 is 1.26 bits per heavy atom. The van der Waals surface area contributed by atoms with Crippen molar-refractivity contribution >= 4 is 12.0 Å². The molecule has 0 saturated carbocycles. The van der Waals surface area contributed by atoms with E-state index < -0.39 is 12.1 Å². The molecule has 112 valence electrons. The lowest BCUT2D eigenvalue weighted by Crippen LogP contribution is -2.53. The van der Waals surface area contributed by atoms with E-state index >= 15 is 0 Å². The van der Waals surface area contributed by atoms with Crippen LogP contribution in [0.1, 0.15) is 34.6 Å². The van der Waals surface area contributed by atoms with Crippen molar-refractivity contribution in [3.8, 4) is 0 Å². The predicted molar refractivity (Wildman–Crippen MR) is 77.2 cm³/mol. The second-order valence-electron chi connectivity index (χ2n) is 5.55. The number of Topliss-reactive ketones (excluding diaryl/α,β-unsaturated/α-hetero) is 1. The fraction of sp³-hybridized carbons (Fsp3) is 0.857. The summed E-state index contributed by atoms with van der Waals surface area (Å²) in [4.78, 5) is 18.9. The highest BCUT2D eigenvalue weighted by atomic mass is 16.6. The molecule has 0 bridgehead atoms. The van der Waals surface area contributed by atoms with E-state index in [1.807, 2.05) is 46.6 Å². The van der Waals surface area contributed by atoms with Crippen molar-refractivity contribution in [3.05, 3.63) is 0 Å². The Labute approximate surface area is 116 Å². The normalized spacial score (nSPS) is 17.2. The molecule has 0 aliphatic heterocycles. The summed E-state index contributed by atoms with van der Waals surface area (Å²) in [5, 5.41) is 14.1. The molecule has 0 aromatic rings. The highest BCUT2D eigenvalue weighted by Gasteiger charge is 2.35. The van der Waals surface area contributed by atoms with Crippen LogP contribution >= 0.6 is 0 Å². The Morgan fingerprint density at radius 2 is 1.79 bits per heavy atom. The largest absolute Gasteiger partial charge is 0.399 e. The van der Waals surface area contributed by atoms with E-state index in [9.17, 15) is 9.90 Å². The molecule has 0 aromatic heterocycles. The van der Waals surface area contributed by atoms with Gasteiger partial charge >= 0.3 is 0 Å². The van der Waals surface area contributed by atoms with Gasteiger partial charge in [0.15, 0.2) is 5.78 Å². The van der Waals surface area contributed by atoms with Gasteiger partial charge in [-0.1, -0.05) is 25.9 Å². The summed E-state index contributed by atoms with van der Waals surface area (Å²) in [6.07, 6.45) is 0.723. The van der Waals surface area contributed by atoms with Crippen LogP contribution in [0.4, 0.5) is 0 Å². The molecule has 0 fully saturated rings. The van der Waals surface area contributed by atoms with Crippen molar-refractivity contribution in [2.24, 2.45) is 17.0 Å². The summed E-state index contributed by atoms with van der Waals surface area (Å²) in [5.74, 6) is -0.331. The molecule has 0 unspecified atom stereocenters. The first-order valence-corrected chi connectivity index (χ1v) is 6.74. The molecule has 0 radical (unpaired) electrons. The lowest BCUT2D eigenvalue weighted by atomic mass is 9.89. The fourth-order valence-electron chi connectivity index (χ4n) is 1.81. The SMILES string of the molecule is CON=C[C@@H](C)[C@@H](O)[C@@H](C(=O)C(C)C)N(C)C(C)C. The minimum absolute atomic E-state index is 0.0429. The third-order valence-electron chi connectivity index (χ3n) is 3.38. The third-order valence-corrected chi connectivity index (χ3v) is 3.38. The summed E-state index contributed by atoms with van der Waals surface area (Å²) in [6, 6.07) is -0.354. The maximum atomic E-state index is 12.3. The lowest BCUT2D eigenvalue weighted by Gasteiger charge is -2.36. The quantitative estimate of drug-likeness (QED) is 0.538. The molecule has 0 spiro atoms. The van der Waals surface area contributed by atoms with Crippen molar-refractivity contribution in [1.82, 2.24) is 4.90 Å². The number of nitrogens with zero attached hydrogens (tertiary/aromatic N) is 2. The van der Waals surface area contributed by atoms with Gasteiger partial charge in [-0.15, -0.1) is 0 Å². The van der Waals surface area contributed by atoms with E-state index in [4.69, 9.17) is 0 Å². The molecule has 0 aliphatic rings. The van der Waals surface area contributed by atoms with Gasteiger partial charge in [0.25, 0.3) is 0 Å². The maximum absolute atomic E-state index is 12.3. The zero-order valence-corrected chi connectivity index (χ0v) is 13.1. The van der Waals surface area contributed by atoms with Crippen LogP contribution in [0, 0.1) is 11.8 Å². The average molecular weight is 272 g/mol. The van der Waals surface area contributed by atoms with Crippen molar-refractivity contribution < 1.29 is 14.7 Å². The van der Waals surface area contributed by atoms with Crippen LogP contribution in [0.5, 0.6) is 0 Å². The average Bonchev–Trinajstić information content (AvgIpc) is 2.35. The number of rotatable bonds is 8. The Morgan fingerprint density at radius 3 is 2.16 bits per heavy atom. The number of likely N-dealkylation sites (N-methyl/N-ethyl adjacent to an activating group) is 1. The van der Waals surface area contributed by atoms with Gasteiger partial charge in [0.2, 0.25) is 0 Å². The molecule has 0 amide bonds. The van der Waals surface area contributed by atoms with E-state index in [1.165, 1.54) is 13.3 Å². The molecule has 0 heterocycles.